The van der Waals surface area contributed by atoms with Crippen LogP contribution in [0, 0.1) is 0 Å². The first-order chi connectivity index (χ1) is 10.0. The van der Waals surface area contributed by atoms with Crippen LogP contribution in [0.15, 0.2) is 30.3 Å². The van der Waals surface area contributed by atoms with Gasteiger partial charge in [-0.3, -0.25) is 0 Å². The molecule has 0 radical (unpaired) electrons. The van der Waals surface area contributed by atoms with Crippen molar-refractivity contribution in [1.29, 1.82) is 0 Å². The van der Waals surface area contributed by atoms with Crippen LogP contribution in [0.5, 0.6) is 0 Å². The summed E-state index contributed by atoms with van der Waals surface area (Å²) in [6.45, 7) is 4.29. The zero-order valence-electron chi connectivity index (χ0n) is 12.7. The maximum Gasteiger partial charge on any atom is 0.338 e. The number of hydrogen-bond donors (Lipinski definition) is 0. The van der Waals surface area contributed by atoms with Crippen molar-refractivity contribution >= 4 is 27.6 Å². The maximum atomic E-state index is 12.3. The lowest BCUT2D eigenvalue weighted by atomic mass is 9.97. The maximum absolute atomic E-state index is 12.3. The summed E-state index contributed by atoms with van der Waals surface area (Å²) in [5, 5.41) is 0. The molecule has 2 atom stereocenters. The second kappa shape index (κ2) is 7.56. The smallest absolute Gasteiger partial charge is 0.338 e. The molecule has 1 aliphatic rings. The number of benzene rings is 1. The van der Waals surface area contributed by atoms with E-state index in [4.69, 9.17) is 9.47 Å². The number of esters is 1. The molecule has 1 aromatic carbocycles. The molecule has 116 valence electrons. The van der Waals surface area contributed by atoms with Gasteiger partial charge in [0.1, 0.15) is 12.2 Å². The Bertz CT molecular complexity index is 462. The minimum atomic E-state index is -0.267. The van der Waals surface area contributed by atoms with Crippen LogP contribution in [-0.2, 0) is 9.47 Å². The van der Waals surface area contributed by atoms with Crippen molar-refractivity contribution in [1.82, 2.24) is 0 Å². The minimum absolute atomic E-state index is 0.0958. The molecule has 1 heterocycles. The molecule has 2 unspecified atom stereocenters. The Morgan fingerprint density at radius 3 is 2.67 bits per heavy atom. The van der Waals surface area contributed by atoms with Crippen LogP contribution in [0.3, 0.4) is 0 Å². The normalized spacial score (nSPS) is 25.7. The van der Waals surface area contributed by atoms with Crippen molar-refractivity contribution < 1.29 is 14.3 Å². The van der Waals surface area contributed by atoms with Gasteiger partial charge in [-0.05, 0) is 38.8 Å². The van der Waals surface area contributed by atoms with Crippen molar-refractivity contribution in [2.75, 3.05) is 12.9 Å². The zero-order valence-corrected chi connectivity index (χ0v) is 14.3. The van der Waals surface area contributed by atoms with E-state index in [0.717, 1.165) is 18.6 Å². The van der Waals surface area contributed by atoms with Gasteiger partial charge in [-0.2, -0.15) is 0 Å². The van der Waals surface area contributed by atoms with Gasteiger partial charge in [-0.1, -0.05) is 39.8 Å². The van der Waals surface area contributed by atoms with Gasteiger partial charge in [-0.15, -0.1) is 0 Å². The summed E-state index contributed by atoms with van der Waals surface area (Å²) in [7, 11) is 5.38. The molecule has 0 saturated carbocycles. The highest BCUT2D eigenvalue weighted by Crippen LogP contribution is 2.43. The molecule has 1 aromatic rings. The van der Waals surface area contributed by atoms with Crippen LogP contribution in [0.2, 0.25) is 0 Å². The molecule has 0 aliphatic carbocycles. The Morgan fingerprint density at radius 1 is 1.29 bits per heavy atom. The molecule has 21 heavy (non-hydrogen) atoms. The van der Waals surface area contributed by atoms with E-state index in [1.807, 2.05) is 39.8 Å². The highest BCUT2D eigenvalue weighted by atomic mass is 33.1. The van der Waals surface area contributed by atoms with E-state index < -0.39 is 0 Å². The summed E-state index contributed by atoms with van der Waals surface area (Å²) in [5.74, 6) is 0.806. The molecule has 1 saturated heterocycles. The lowest BCUT2D eigenvalue weighted by Crippen LogP contribution is -2.46. The van der Waals surface area contributed by atoms with Gasteiger partial charge in [0.2, 0.25) is 0 Å². The van der Waals surface area contributed by atoms with Gasteiger partial charge in [-0.25, -0.2) is 4.79 Å². The van der Waals surface area contributed by atoms with Gasteiger partial charge in [0, 0.05) is 12.9 Å². The molecule has 0 N–H and O–H groups in total. The van der Waals surface area contributed by atoms with E-state index in [-0.39, 0.29) is 22.9 Å². The van der Waals surface area contributed by atoms with Gasteiger partial charge in [0.25, 0.3) is 0 Å². The quantitative estimate of drug-likeness (QED) is 0.615. The highest BCUT2D eigenvalue weighted by Gasteiger charge is 2.40. The van der Waals surface area contributed by atoms with E-state index in [1.54, 1.807) is 19.2 Å². The summed E-state index contributed by atoms with van der Waals surface area (Å²) in [5.41, 5.74) is 0.592. The topological polar surface area (TPSA) is 35.5 Å². The summed E-state index contributed by atoms with van der Waals surface area (Å²) in [6.07, 6.45) is 1.56. The fourth-order valence-corrected chi connectivity index (χ4v) is 5.33. The fraction of sp³-hybridized carbons (Fsp3) is 0.562. The van der Waals surface area contributed by atoms with Gasteiger partial charge in [0.15, 0.2) is 0 Å². The molecular formula is C16H22O3S2. The molecule has 0 spiro atoms. The summed E-state index contributed by atoms with van der Waals surface area (Å²) < 4.78 is 11.3. The zero-order chi connectivity index (χ0) is 15.3. The van der Waals surface area contributed by atoms with Gasteiger partial charge < -0.3 is 9.47 Å². The first kappa shape index (κ1) is 16.7. The number of rotatable bonds is 3. The van der Waals surface area contributed by atoms with Crippen LogP contribution < -0.4 is 0 Å². The summed E-state index contributed by atoms with van der Waals surface area (Å²) in [4.78, 5) is 12.3. The lowest BCUT2D eigenvalue weighted by Gasteiger charge is -2.38. The van der Waals surface area contributed by atoms with Crippen LogP contribution in [0.4, 0.5) is 0 Å². The Labute approximate surface area is 134 Å². The number of hydrogen-bond acceptors (Lipinski definition) is 5. The lowest BCUT2D eigenvalue weighted by molar-refractivity contribution is -0.0498. The first-order valence-corrected chi connectivity index (χ1v) is 9.46. The average Bonchev–Trinajstić information content (AvgIpc) is 2.46. The van der Waals surface area contributed by atoms with Crippen LogP contribution in [0.25, 0.3) is 0 Å². The Morgan fingerprint density at radius 2 is 2.00 bits per heavy atom. The molecule has 0 aromatic heterocycles. The molecule has 1 fully saturated rings. The van der Waals surface area contributed by atoms with E-state index in [2.05, 4.69) is 13.8 Å². The van der Waals surface area contributed by atoms with Crippen molar-refractivity contribution in [2.24, 2.45) is 0 Å². The Kier molecular flexibility index (Phi) is 6.02. The summed E-state index contributed by atoms with van der Waals surface area (Å²) in [6, 6.07) is 9.14. The third-order valence-corrected chi connectivity index (χ3v) is 6.91. The highest BCUT2D eigenvalue weighted by molar-refractivity contribution is 8.77. The molecule has 2 rings (SSSR count). The van der Waals surface area contributed by atoms with Crippen molar-refractivity contribution in [3.8, 4) is 0 Å². The average molecular weight is 326 g/mol. The third kappa shape index (κ3) is 4.41. The predicted octanol–water partition coefficient (Wildman–Crippen LogP) is 4.18. The van der Waals surface area contributed by atoms with Crippen LogP contribution in [-0.4, -0.2) is 35.8 Å². The molecule has 1 aliphatic heterocycles. The van der Waals surface area contributed by atoms with E-state index in [0.29, 0.717) is 5.56 Å². The molecule has 3 nitrogen and oxygen atoms in total. The third-order valence-electron chi connectivity index (χ3n) is 3.53. The molecule has 0 amide bonds. The van der Waals surface area contributed by atoms with Crippen LogP contribution >= 0.6 is 21.6 Å². The van der Waals surface area contributed by atoms with E-state index in [9.17, 15) is 4.79 Å². The Balaban J connectivity index is 2.12. The SMILES string of the molecule is COC1C(OC(=O)c2ccccc2)CCCSSC1(C)C. The number of methoxy groups -OCH3 is 1. The van der Waals surface area contributed by atoms with Crippen molar-refractivity contribution in [2.45, 2.75) is 43.6 Å². The number of carbonyl (C=O) groups excluding carboxylic acids is 1. The summed E-state index contributed by atoms with van der Waals surface area (Å²) >= 11 is 0. The first-order valence-electron chi connectivity index (χ1n) is 7.14. The van der Waals surface area contributed by atoms with Gasteiger partial charge >= 0.3 is 5.97 Å². The minimum Gasteiger partial charge on any atom is -0.456 e. The van der Waals surface area contributed by atoms with Crippen LogP contribution in [0.1, 0.15) is 37.0 Å². The number of ether oxygens (including phenoxy) is 2. The van der Waals surface area contributed by atoms with E-state index in [1.165, 1.54) is 0 Å². The van der Waals surface area contributed by atoms with Crippen molar-refractivity contribution in [3.63, 3.8) is 0 Å². The molecular weight excluding hydrogens is 304 g/mol. The molecule has 0 bridgehead atoms. The Hall–Kier alpha value is -0.650. The fourth-order valence-electron chi connectivity index (χ4n) is 2.52. The van der Waals surface area contributed by atoms with Gasteiger partial charge in [0.05, 0.1) is 10.3 Å². The molecule has 5 heteroatoms. The van der Waals surface area contributed by atoms with E-state index >= 15 is 0 Å². The van der Waals surface area contributed by atoms with Crippen molar-refractivity contribution in [3.05, 3.63) is 35.9 Å². The predicted molar refractivity (Wildman–Crippen MR) is 89.8 cm³/mol. The standard InChI is InChI=1S/C16H22O3S2/c1-16(2)14(18-3)13(10-7-11-20-21-16)19-15(17)12-8-5-4-6-9-12/h4-6,8-9,13-14H,7,10-11H2,1-3H3. The second-order valence-corrected chi connectivity index (χ2v) is 8.69. The number of carbonyl (C=O) groups is 1. The second-order valence-electron chi connectivity index (χ2n) is 5.62. The largest absolute Gasteiger partial charge is 0.456 e. The monoisotopic (exact) mass is 326 g/mol.